The molecule has 1 aromatic rings. The molecule has 0 aromatic heterocycles. The standard InChI is InChI=1S/C13H18FN3O2/c1-9(15)11-3-2-10(8-12(11)14)19-7-6-17-5-4-16-13(17)18/h2-3,8-9H,4-7,15H2,1H3,(H,16,18)/t9-/m0/s1. The number of hydrogen-bond acceptors (Lipinski definition) is 3. The maximum absolute atomic E-state index is 13.7. The largest absolute Gasteiger partial charge is 0.492 e. The topological polar surface area (TPSA) is 67.6 Å². The van der Waals surface area contributed by atoms with E-state index >= 15 is 0 Å². The van der Waals surface area contributed by atoms with Crippen molar-refractivity contribution in [1.29, 1.82) is 0 Å². The van der Waals surface area contributed by atoms with E-state index in [0.29, 0.717) is 37.6 Å². The van der Waals surface area contributed by atoms with Gasteiger partial charge in [-0.05, 0) is 13.0 Å². The van der Waals surface area contributed by atoms with Gasteiger partial charge in [0.15, 0.2) is 0 Å². The number of benzene rings is 1. The number of urea groups is 1. The maximum atomic E-state index is 13.7. The van der Waals surface area contributed by atoms with E-state index in [1.807, 2.05) is 0 Å². The number of ether oxygens (including phenoxy) is 1. The first-order valence-corrected chi connectivity index (χ1v) is 6.28. The Morgan fingerprint density at radius 3 is 2.95 bits per heavy atom. The second-order valence-corrected chi connectivity index (χ2v) is 4.54. The molecule has 0 saturated carbocycles. The van der Waals surface area contributed by atoms with Gasteiger partial charge >= 0.3 is 6.03 Å². The summed E-state index contributed by atoms with van der Waals surface area (Å²) >= 11 is 0. The number of hydrogen-bond donors (Lipinski definition) is 2. The third-order valence-corrected chi connectivity index (χ3v) is 3.04. The third kappa shape index (κ3) is 3.35. The number of carbonyl (C=O) groups is 1. The van der Waals surface area contributed by atoms with E-state index in [0.717, 1.165) is 0 Å². The number of carbonyl (C=O) groups excluding carboxylic acids is 1. The summed E-state index contributed by atoms with van der Waals surface area (Å²) in [5.74, 6) is 0.0768. The molecule has 1 aliphatic heterocycles. The molecule has 1 heterocycles. The lowest BCUT2D eigenvalue weighted by atomic mass is 10.1. The van der Waals surface area contributed by atoms with E-state index in [-0.39, 0.29) is 17.9 Å². The minimum Gasteiger partial charge on any atom is -0.492 e. The quantitative estimate of drug-likeness (QED) is 0.843. The Hall–Kier alpha value is -1.82. The smallest absolute Gasteiger partial charge is 0.317 e. The van der Waals surface area contributed by atoms with Crippen LogP contribution in [-0.2, 0) is 0 Å². The van der Waals surface area contributed by atoms with E-state index < -0.39 is 0 Å². The molecule has 0 unspecified atom stereocenters. The Labute approximate surface area is 111 Å². The predicted molar refractivity (Wildman–Crippen MR) is 69.5 cm³/mol. The van der Waals surface area contributed by atoms with Gasteiger partial charge in [-0.2, -0.15) is 0 Å². The number of halogens is 1. The van der Waals surface area contributed by atoms with Crippen LogP contribution in [0.2, 0.25) is 0 Å². The summed E-state index contributed by atoms with van der Waals surface area (Å²) in [7, 11) is 0. The van der Waals surface area contributed by atoms with Crippen molar-refractivity contribution in [2.45, 2.75) is 13.0 Å². The van der Waals surface area contributed by atoms with Gasteiger partial charge < -0.3 is 20.7 Å². The zero-order valence-electron chi connectivity index (χ0n) is 10.9. The lowest BCUT2D eigenvalue weighted by molar-refractivity contribution is 0.202. The van der Waals surface area contributed by atoms with Crippen molar-refractivity contribution in [2.24, 2.45) is 5.73 Å². The van der Waals surface area contributed by atoms with Crippen molar-refractivity contribution >= 4 is 6.03 Å². The fraction of sp³-hybridized carbons (Fsp3) is 0.462. The molecule has 0 radical (unpaired) electrons. The van der Waals surface area contributed by atoms with Crippen molar-refractivity contribution in [3.05, 3.63) is 29.6 Å². The monoisotopic (exact) mass is 267 g/mol. The second kappa shape index (κ2) is 5.88. The minimum absolute atomic E-state index is 0.0814. The summed E-state index contributed by atoms with van der Waals surface area (Å²) in [5.41, 5.74) is 6.09. The van der Waals surface area contributed by atoms with E-state index in [1.165, 1.54) is 6.07 Å². The van der Waals surface area contributed by atoms with Crippen LogP contribution < -0.4 is 15.8 Å². The summed E-state index contributed by atoms with van der Waals surface area (Å²) in [4.78, 5) is 12.9. The summed E-state index contributed by atoms with van der Waals surface area (Å²) in [6.45, 7) is 3.90. The molecule has 1 atom stereocenters. The summed E-state index contributed by atoms with van der Waals surface area (Å²) < 4.78 is 19.1. The minimum atomic E-state index is -0.369. The first-order valence-electron chi connectivity index (χ1n) is 6.28. The highest BCUT2D eigenvalue weighted by molar-refractivity contribution is 5.76. The Kier molecular flexibility index (Phi) is 4.21. The van der Waals surface area contributed by atoms with Crippen molar-refractivity contribution < 1.29 is 13.9 Å². The number of nitrogens with zero attached hydrogens (tertiary/aromatic N) is 1. The van der Waals surface area contributed by atoms with Crippen molar-refractivity contribution in [3.63, 3.8) is 0 Å². The lowest BCUT2D eigenvalue weighted by Gasteiger charge is -2.15. The second-order valence-electron chi connectivity index (χ2n) is 4.54. The molecular weight excluding hydrogens is 249 g/mol. The van der Waals surface area contributed by atoms with Crippen LogP contribution in [0, 0.1) is 5.82 Å². The highest BCUT2D eigenvalue weighted by atomic mass is 19.1. The molecule has 2 rings (SSSR count). The molecule has 0 aliphatic carbocycles. The van der Waals surface area contributed by atoms with Crippen LogP contribution in [0.5, 0.6) is 5.75 Å². The molecule has 19 heavy (non-hydrogen) atoms. The van der Waals surface area contributed by atoms with Gasteiger partial charge in [-0.1, -0.05) is 6.07 Å². The van der Waals surface area contributed by atoms with Crippen LogP contribution in [-0.4, -0.2) is 37.2 Å². The van der Waals surface area contributed by atoms with E-state index in [1.54, 1.807) is 24.0 Å². The van der Waals surface area contributed by atoms with Crippen LogP contribution in [0.25, 0.3) is 0 Å². The van der Waals surface area contributed by atoms with Gasteiger partial charge in [0.1, 0.15) is 18.2 Å². The van der Waals surface area contributed by atoms with Gasteiger partial charge in [0.2, 0.25) is 0 Å². The highest BCUT2D eigenvalue weighted by Crippen LogP contribution is 2.20. The molecule has 1 saturated heterocycles. The zero-order chi connectivity index (χ0) is 13.8. The van der Waals surface area contributed by atoms with Gasteiger partial charge in [-0.25, -0.2) is 9.18 Å². The molecule has 1 aliphatic rings. The van der Waals surface area contributed by atoms with Gasteiger partial charge in [0, 0.05) is 30.8 Å². The van der Waals surface area contributed by atoms with Crippen LogP contribution in [0.3, 0.4) is 0 Å². The normalized spacial score (nSPS) is 16.4. The Bertz CT molecular complexity index is 465. The van der Waals surface area contributed by atoms with Gasteiger partial charge in [0.05, 0.1) is 6.54 Å². The zero-order valence-corrected chi connectivity index (χ0v) is 10.9. The molecule has 1 aromatic carbocycles. The Morgan fingerprint density at radius 1 is 1.58 bits per heavy atom. The predicted octanol–water partition coefficient (Wildman–Crippen LogP) is 1.25. The van der Waals surface area contributed by atoms with Crippen LogP contribution in [0.15, 0.2) is 18.2 Å². The molecule has 5 nitrogen and oxygen atoms in total. The summed E-state index contributed by atoms with van der Waals surface area (Å²) in [6.07, 6.45) is 0. The highest BCUT2D eigenvalue weighted by Gasteiger charge is 2.18. The van der Waals surface area contributed by atoms with Crippen molar-refractivity contribution in [1.82, 2.24) is 10.2 Å². The van der Waals surface area contributed by atoms with E-state index in [2.05, 4.69) is 5.32 Å². The molecule has 6 heteroatoms. The number of nitrogens with two attached hydrogens (primary N) is 1. The average molecular weight is 267 g/mol. The first kappa shape index (κ1) is 13.6. The van der Waals surface area contributed by atoms with E-state index in [9.17, 15) is 9.18 Å². The molecule has 2 amide bonds. The summed E-state index contributed by atoms with van der Waals surface area (Å²) in [5, 5.41) is 2.70. The Balaban J connectivity index is 1.86. The fourth-order valence-electron chi connectivity index (χ4n) is 1.97. The van der Waals surface area contributed by atoms with Gasteiger partial charge in [0.25, 0.3) is 0 Å². The number of amides is 2. The SMILES string of the molecule is C[C@H](N)c1ccc(OCCN2CCNC2=O)cc1F. The number of nitrogens with one attached hydrogen (secondary N) is 1. The van der Waals surface area contributed by atoms with Crippen LogP contribution in [0.1, 0.15) is 18.5 Å². The Morgan fingerprint density at radius 2 is 2.37 bits per heavy atom. The van der Waals surface area contributed by atoms with Gasteiger partial charge in [-0.3, -0.25) is 0 Å². The lowest BCUT2D eigenvalue weighted by Crippen LogP contribution is -2.31. The van der Waals surface area contributed by atoms with Crippen LogP contribution >= 0.6 is 0 Å². The molecule has 104 valence electrons. The van der Waals surface area contributed by atoms with Crippen molar-refractivity contribution in [3.8, 4) is 5.75 Å². The van der Waals surface area contributed by atoms with Crippen LogP contribution in [0.4, 0.5) is 9.18 Å². The number of rotatable bonds is 5. The van der Waals surface area contributed by atoms with Gasteiger partial charge in [-0.15, -0.1) is 0 Å². The molecule has 0 spiro atoms. The maximum Gasteiger partial charge on any atom is 0.317 e. The molecule has 3 N–H and O–H groups in total. The fourth-order valence-corrected chi connectivity index (χ4v) is 1.97. The average Bonchev–Trinajstić information content (AvgIpc) is 2.75. The first-order chi connectivity index (χ1) is 9.08. The van der Waals surface area contributed by atoms with E-state index in [4.69, 9.17) is 10.5 Å². The molecule has 1 fully saturated rings. The summed E-state index contributed by atoms with van der Waals surface area (Å²) in [6, 6.07) is 4.20. The third-order valence-electron chi connectivity index (χ3n) is 3.04. The molecular formula is C13H18FN3O2. The molecule has 0 bridgehead atoms. The van der Waals surface area contributed by atoms with Crippen molar-refractivity contribution in [2.75, 3.05) is 26.2 Å².